The van der Waals surface area contributed by atoms with Gasteiger partial charge < -0.3 is 9.84 Å². The smallest absolute Gasteiger partial charge is 0.160 e. The highest BCUT2D eigenvalue weighted by Crippen LogP contribution is 2.18. The lowest BCUT2D eigenvalue weighted by Crippen LogP contribution is -2.27. The third-order valence-electron chi connectivity index (χ3n) is 2.97. The van der Waals surface area contributed by atoms with Gasteiger partial charge >= 0.3 is 0 Å². The van der Waals surface area contributed by atoms with Crippen LogP contribution in [0, 0.1) is 0 Å². The lowest BCUT2D eigenvalue weighted by molar-refractivity contribution is 0.187. The Morgan fingerprint density at radius 1 is 1.33 bits per heavy atom. The van der Waals surface area contributed by atoms with E-state index in [1.165, 1.54) is 0 Å². The molecule has 1 aliphatic rings. The van der Waals surface area contributed by atoms with Gasteiger partial charge in [-0.05, 0) is 43.7 Å². The van der Waals surface area contributed by atoms with Gasteiger partial charge in [0.05, 0.1) is 18.1 Å². The Morgan fingerprint density at radius 3 is 2.89 bits per heavy atom. The SMILES string of the molecule is Oc1ccc(-n2cc(OC3CCCN3)cn2)cc1. The highest BCUT2D eigenvalue weighted by atomic mass is 16.5. The first-order valence-electron chi connectivity index (χ1n) is 6.05. The monoisotopic (exact) mass is 245 g/mol. The molecule has 1 saturated heterocycles. The van der Waals surface area contributed by atoms with Crippen molar-refractivity contribution in [2.45, 2.75) is 19.1 Å². The fourth-order valence-electron chi connectivity index (χ4n) is 2.03. The van der Waals surface area contributed by atoms with Crippen molar-refractivity contribution < 1.29 is 9.84 Å². The molecule has 0 saturated carbocycles. The van der Waals surface area contributed by atoms with Gasteiger partial charge in [0.15, 0.2) is 5.75 Å². The first-order valence-corrected chi connectivity index (χ1v) is 6.05. The van der Waals surface area contributed by atoms with Crippen molar-refractivity contribution in [1.82, 2.24) is 15.1 Å². The van der Waals surface area contributed by atoms with Crippen LogP contribution in [-0.2, 0) is 0 Å². The summed E-state index contributed by atoms with van der Waals surface area (Å²) >= 11 is 0. The number of ether oxygens (including phenoxy) is 1. The zero-order valence-electron chi connectivity index (χ0n) is 9.91. The Kier molecular flexibility index (Phi) is 2.90. The molecule has 1 fully saturated rings. The molecule has 0 bridgehead atoms. The molecule has 0 radical (unpaired) electrons. The number of hydrogen-bond acceptors (Lipinski definition) is 4. The summed E-state index contributed by atoms with van der Waals surface area (Å²) in [4.78, 5) is 0. The van der Waals surface area contributed by atoms with Crippen molar-refractivity contribution in [2.24, 2.45) is 0 Å². The van der Waals surface area contributed by atoms with Gasteiger partial charge in [-0.1, -0.05) is 0 Å². The van der Waals surface area contributed by atoms with E-state index in [0.29, 0.717) is 0 Å². The van der Waals surface area contributed by atoms with Crippen LogP contribution in [0.15, 0.2) is 36.7 Å². The molecule has 94 valence electrons. The number of benzene rings is 1. The second-order valence-corrected chi connectivity index (χ2v) is 4.34. The van der Waals surface area contributed by atoms with Gasteiger partial charge in [0, 0.05) is 0 Å². The van der Waals surface area contributed by atoms with Crippen LogP contribution in [0.25, 0.3) is 5.69 Å². The highest BCUT2D eigenvalue weighted by Gasteiger charge is 2.16. The second-order valence-electron chi connectivity index (χ2n) is 4.34. The number of rotatable bonds is 3. The van der Waals surface area contributed by atoms with E-state index in [0.717, 1.165) is 30.8 Å². The molecule has 5 heteroatoms. The predicted octanol–water partition coefficient (Wildman–Crippen LogP) is 1.67. The minimum atomic E-state index is 0.0995. The maximum Gasteiger partial charge on any atom is 0.160 e. The molecule has 0 aliphatic carbocycles. The summed E-state index contributed by atoms with van der Waals surface area (Å²) in [6, 6.07) is 6.88. The summed E-state index contributed by atoms with van der Waals surface area (Å²) in [6.45, 7) is 1.01. The number of hydrogen-bond donors (Lipinski definition) is 2. The molecule has 1 aliphatic heterocycles. The number of phenols is 1. The zero-order valence-corrected chi connectivity index (χ0v) is 9.91. The van der Waals surface area contributed by atoms with Crippen LogP contribution < -0.4 is 10.1 Å². The van der Waals surface area contributed by atoms with E-state index < -0.39 is 0 Å². The number of aromatic nitrogens is 2. The Balaban J connectivity index is 1.74. The first-order chi connectivity index (χ1) is 8.81. The van der Waals surface area contributed by atoms with Crippen molar-refractivity contribution in [2.75, 3.05) is 6.54 Å². The van der Waals surface area contributed by atoms with Gasteiger partial charge in [0.25, 0.3) is 0 Å². The average Bonchev–Trinajstić information content (AvgIpc) is 3.02. The molecule has 1 unspecified atom stereocenters. The summed E-state index contributed by atoms with van der Waals surface area (Å²) in [6.07, 6.45) is 5.82. The average molecular weight is 245 g/mol. The third-order valence-corrected chi connectivity index (χ3v) is 2.97. The molecular formula is C13H15N3O2. The normalized spacial score (nSPS) is 19.0. The van der Waals surface area contributed by atoms with Crippen molar-refractivity contribution in [3.05, 3.63) is 36.7 Å². The summed E-state index contributed by atoms with van der Waals surface area (Å²) < 4.78 is 7.48. The molecule has 5 nitrogen and oxygen atoms in total. The molecule has 1 aromatic carbocycles. The van der Waals surface area contributed by atoms with Gasteiger partial charge in [0.1, 0.15) is 12.0 Å². The predicted molar refractivity (Wildman–Crippen MR) is 66.9 cm³/mol. The van der Waals surface area contributed by atoms with Crippen LogP contribution in [0.4, 0.5) is 0 Å². The Labute approximate surface area is 105 Å². The highest BCUT2D eigenvalue weighted by molar-refractivity contribution is 5.37. The molecule has 2 aromatic rings. The van der Waals surface area contributed by atoms with Crippen LogP contribution in [0.5, 0.6) is 11.5 Å². The summed E-state index contributed by atoms with van der Waals surface area (Å²) in [5.41, 5.74) is 0.891. The maximum absolute atomic E-state index is 9.24. The maximum atomic E-state index is 9.24. The molecule has 2 heterocycles. The molecule has 1 atom stereocenters. The van der Waals surface area contributed by atoms with Crippen molar-refractivity contribution in [1.29, 1.82) is 0 Å². The fourth-order valence-corrected chi connectivity index (χ4v) is 2.03. The molecule has 3 rings (SSSR count). The second kappa shape index (κ2) is 4.70. The van der Waals surface area contributed by atoms with Gasteiger partial charge in [-0.2, -0.15) is 5.10 Å². The van der Waals surface area contributed by atoms with E-state index >= 15 is 0 Å². The summed E-state index contributed by atoms with van der Waals surface area (Å²) in [5.74, 6) is 1.00. The summed E-state index contributed by atoms with van der Waals surface area (Å²) in [5, 5.41) is 16.7. The van der Waals surface area contributed by atoms with Crippen LogP contribution in [0.1, 0.15) is 12.8 Å². The molecule has 0 spiro atoms. The fraction of sp³-hybridized carbons (Fsp3) is 0.308. The molecule has 0 amide bonds. The standard InChI is InChI=1S/C13H15N3O2/c17-11-5-3-10(4-6-11)16-9-12(8-15-16)18-13-2-1-7-14-13/h3-6,8-9,13-14,17H,1-2,7H2. The van der Waals surface area contributed by atoms with Gasteiger partial charge in [-0.25, -0.2) is 4.68 Å². The van der Waals surface area contributed by atoms with E-state index in [1.807, 2.05) is 6.20 Å². The van der Waals surface area contributed by atoms with Crippen LogP contribution in [-0.4, -0.2) is 27.7 Å². The first kappa shape index (κ1) is 11.1. The van der Waals surface area contributed by atoms with E-state index in [4.69, 9.17) is 4.74 Å². The zero-order chi connectivity index (χ0) is 12.4. The molecular weight excluding hydrogens is 230 g/mol. The van der Waals surface area contributed by atoms with Crippen LogP contribution in [0.2, 0.25) is 0 Å². The number of phenolic OH excluding ortho intramolecular Hbond substituents is 1. The van der Waals surface area contributed by atoms with E-state index in [-0.39, 0.29) is 12.0 Å². The number of nitrogens with one attached hydrogen (secondary N) is 1. The minimum Gasteiger partial charge on any atom is -0.508 e. The van der Waals surface area contributed by atoms with Crippen molar-refractivity contribution >= 4 is 0 Å². The topological polar surface area (TPSA) is 59.3 Å². The largest absolute Gasteiger partial charge is 0.508 e. The Bertz CT molecular complexity index is 515. The lowest BCUT2D eigenvalue weighted by atomic mass is 10.3. The number of nitrogens with zero attached hydrogens (tertiary/aromatic N) is 2. The molecule has 2 N–H and O–H groups in total. The Morgan fingerprint density at radius 2 is 2.17 bits per heavy atom. The van der Waals surface area contributed by atoms with E-state index in [1.54, 1.807) is 35.1 Å². The van der Waals surface area contributed by atoms with Gasteiger partial charge in [0.2, 0.25) is 0 Å². The van der Waals surface area contributed by atoms with E-state index in [9.17, 15) is 5.11 Å². The van der Waals surface area contributed by atoms with E-state index in [2.05, 4.69) is 10.4 Å². The molecule has 18 heavy (non-hydrogen) atoms. The summed E-state index contributed by atoms with van der Waals surface area (Å²) in [7, 11) is 0. The van der Waals surface area contributed by atoms with Crippen molar-refractivity contribution in [3.8, 4) is 17.2 Å². The molecule has 1 aromatic heterocycles. The third kappa shape index (κ3) is 2.31. The minimum absolute atomic E-state index is 0.0995. The van der Waals surface area contributed by atoms with Gasteiger partial charge in [-0.3, -0.25) is 5.32 Å². The lowest BCUT2D eigenvalue weighted by Gasteiger charge is -2.10. The van der Waals surface area contributed by atoms with Crippen LogP contribution in [0.3, 0.4) is 0 Å². The Hall–Kier alpha value is -2.01. The van der Waals surface area contributed by atoms with Crippen molar-refractivity contribution in [3.63, 3.8) is 0 Å². The van der Waals surface area contributed by atoms with Gasteiger partial charge in [-0.15, -0.1) is 0 Å². The van der Waals surface area contributed by atoms with Crippen LogP contribution >= 0.6 is 0 Å². The number of aromatic hydroxyl groups is 1. The quantitative estimate of drug-likeness (QED) is 0.863.